The molecule has 14 heteroatoms. The van der Waals surface area contributed by atoms with E-state index in [1.165, 1.54) is 0 Å². The zero-order chi connectivity index (χ0) is 34.0. The Hall–Kier alpha value is -2.21. The van der Waals surface area contributed by atoms with Gasteiger partial charge in [0.05, 0.1) is 18.2 Å². The first-order chi connectivity index (χ1) is 21.4. The standard InChI is InChI=1S/C32H51O13P/c1-18(4-8-26(34)35)22-6-7-23-28-24(11-13-32(22,23)3)31(2)12-10-21(14-20(31)15-25(28)33)45-30(39)44-17-43-27(36)9-5-19(29(37)38)16-46(40,41)42/h18-25,28,33H,4-17H2,1-3H3,(H,34,35)(H,37,38)(H2,40,41,42)/t18-,19?,20+,21-,22?,23?,24?,25+,28?,31+,32-/m1/s1. The van der Waals surface area contributed by atoms with Crippen LogP contribution in [0, 0.1) is 52.3 Å². The molecule has 0 spiro atoms. The average Bonchev–Trinajstić information content (AvgIpc) is 3.31. The summed E-state index contributed by atoms with van der Waals surface area (Å²) in [5.74, 6) is -2.56. The highest BCUT2D eigenvalue weighted by molar-refractivity contribution is 7.51. The molecule has 5 unspecified atom stereocenters. The molecular formula is C32H51O13P. The van der Waals surface area contributed by atoms with Gasteiger partial charge in [0, 0.05) is 12.8 Å². The van der Waals surface area contributed by atoms with Crippen molar-refractivity contribution in [1.29, 1.82) is 0 Å². The molecule has 0 radical (unpaired) electrons. The van der Waals surface area contributed by atoms with Gasteiger partial charge in [-0.3, -0.25) is 18.9 Å². The van der Waals surface area contributed by atoms with Crippen molar-refractivity contribution in [3.05, 3.63) is 0 Å². The summed E-state index contributed by atoms with van der Waals surface area (Å²) in [5.41, 5.74) is 0.1000. The first-order valence-corrected chi connectivity index (χ1v) is 18.4. The van der Waals surface area contributed by atoms with Gasteiger partial charge in [-0.2, -0.15) is 0 Å². The molecular weight excluding hydrogens is 623 g/mol. The van der Waals surface area contributed by atoms with Gasteiger partial charge in [-0.25, -0.2) is 4.79 Å². The van der Waals surface area contributed by atoms with Crippen molar-refractivity contribution in [1.82, 2.24) is 0 Å². The van der Waals surface area contributed by atoms with Crippen molar-refractivity contribution in [3.63, 3.8) is 0 Å². The maximum absolute atomic E-state index is 12.4. The lowest BCUT2D eigenvalue weighted by atomic mass is 9.43. The molecule has 0 aromatic carbocycles. The number of rotatable bonds is 13. The lowest BCUT2D eigenvalue weighted by Crippen LogP contribution is -2.58. The Morgan fingerprint density at radius 2 is 1.57 bits per heavy atom. The van der Waals surface area contributed by atoms with Crippen LogP contribution in [0.4, 0.5) is 4.79 Å². The predicted molar refractivity (Wildman–Crippen MR) is 162 cm³/mol. The zero-order valence-corrected chi connectivity index (χ0v) is 27.9. The summed E-state index contributed by atoms with van der Waals surface area (Å²) in [6, 6.07) is 0. The fourth-order valence-electron chi connectivity index (χ4n) is 10.1. The molecule has 46 heavy (non-hydrogen) atoms. The van der Waals surface area contributed by atoms with Gasteiger partial charge in [-0.1, -0.05) is 20.8 Å². The molecule has 0 amide bonds. The fourth-order valence-corrected chi connectivity index (χ4v) is 11.0. The third-order valence-electron chi connectivity index (χ3n) is 12.4. The van der Waals surface area contributed by atoms with Crippen molar-refractivity contribution in [2.45, 2.75) is 110 Å². The molecule has 5 N–H and O–H groups in total. The van der Waals surface area contributed by atoms with Crippen LogP contribution in [0.3, 0.4) is 0 Å². The van der Waals surface area contributed by atoms with E-state index in [9.17, 15) is 34.0 Å². The molecule has 13 nitrogen and oxygen atoms in total. The van der Waals surface area contributed by atoms with E-state index in [1.807, 2.05) is 0 Å². The van der Waals surface area contributed by atoms with Crippen LogP contribution in [0.1, 0.15) is 97.8 Å². The number of hydrogen-bond acceptors (Lipinski definition) is 9. The lowest BCUT2D eigenvalue weighted by Gasteiger charge is -2.62. The van der Waals surface area contributed by atoms with Crippen molar-refractivity contribution in [3.8, 4) is 0 Å². The van der Waals surface area contributed by atoms with Gasteiger partial charge in [0.1, 0.15) is 6.10 Å². The van der Waals surface area contributed by atoms with Crippen LogP contribution in [0.15, 0.2) is 0 Å². The highest BCUT2D eigenvalue weighted by Gasteiger charge is 2.63. The van der Waals surface area contributed by atoms with Gasteiger partial charge < -0.3 is 39.3 Å². The number of ether oxygens (including phenoxy) is 3. The second-order valence-electron chi connectivity index (χ2n) is 14.9. The monoisotopic (exact) mass is 674 g/mol. The van der Waals surface area contributed by atoms with Crippen LogP contribution in [-0.2, 0) is 33.2 Å². The van der Waals surface area contributed by atoms with Crippen molar-refractivity contribution in [2.75, 3.05) is 13.0 Å². The smallest absolute Gasteiger partial charge is 0.481 e. The first kappa shape index (κ1) is 36.6. The van der Waals surface area contributed by atoms with E-state index in [-0.39, 0.29) is 35.5 Å². The average molecular weight is 675 g/mol. The zero-order valence-electron chi connectivity index (χ0n) is 27.0. The second kappa shape index (κ2) is 14.5. The van der Waals surface area contributed by atoms with Crippen molar-refractivity contribution >= 4 is 31.7 Å². The highest BCUT2D eigenvalue weighted by atomic mass is 31.2. The molecule has 262 valence electrons. The molecule has 0 aliphatic heterocycles. The quantitative estimate of drug-likeness (QED) is 0.101. The van der Waals surface area contributed by atoms with E-state index >= 15 is 0 Å². The summed E-state index contributed by atoms with van der Waals surface area (Å²) >= 11 is 0. The number of fused-ring (bicyclic) bond motifs is 5. The minimum absolute atomic E-state index is 0.00510. The topological polar surface area (TPSA) is 214 Å². The van der Waals surface area contributed by atoms with E-state index < -0.39 is 69.2 Å². The normalized spacial score (nSPS) is 36.7. The van der Waals surface area contributed by atoms with E-state index in [0.717, 1.165) is 32.1 Å². The molecule has 4 saturated carbocycles. The number of carbonyl (C=O) groups is 4. The Kier molecular flexibility index (Phi) is 11.5. The molecule has 0 bridgehead atoms. The van der Waals surface area contributed by atoms with Crippen LogP contribution in [0.2, 0.25) is 0 Å². The van der Waals surface area contributed by atoms with Crippen molar-refractivity contribution in [2.24, 2.45) is 52.3 Å². The third kappa shape index (κ3) is 8.25. The molecule has 4 aliphatic rings. The Morgan fingerprint density at radius 3 is 2.22 bits per heavy atom. The Labute approximate surface area is 269 Å². The fraction of sp³-hybridized carbons (Fsp3) is 0.875. The number of aliphatic hydroxyl groups is 1. The van der Waals surface area contributed by atoms with Gasteiger partial charge in [0.15, 0.2) is 0 Å². The number of carbonyl (C=O) groups excluding carboxylic acids is 2. The molecule has 4 rings (SSSR count). The molecule has 0 saturated heterocycles. The Morgan fingerprint density at radius 1 is 0.891 bits per heavy atom. The number of aliphatic carboxylic acids is 2. The molecule has 0 aromatic heterocycles. The number of carboxylic acid groups (broad SMARTS) is 2. The Bertz CT molecular complexity index is 1190. The number of carboxylic acids is 2. The summed E-state index contributed by atoms with van der Waals surface area (Å²) < 4.78 is 26.4. The van der Waals surface area contributed by atoms with Crippen LogP contribution < -0.4 is 0 Å². The molecule has 11 atom stereocenters. The molecule has 4 fully saturated rings. The third-order valence-corrected chi connectivity index (χ3v) is 13.3. The maximum atomic E-state index is 12.4. The van der Waals surface area contributed by atoms with Gasteiger partial charge >= 0.3 is 31.7 Å². The number of hydrogen-bond donors (Lipinski definition) is 5. The predicted octanol–water partition coefficient (Wildman–Crippen LogP) is 4.80. The van der Waals surface area contributed by atoms with E-state index in [0.29, 0.717) is 49.4 Å². The van der Waals surface area contributed by atoms with Crippen LogP contribution in [-0.4, -0.2) is 74.3 Å². The number of aliphatic hydroxyl groups excluding tert-OH is 1. The van der Waals surface area contributed by atoms with Crippen LogP contribution in [0.25, 0.3) is 0 Å². The van der Waals surface area contributed by atoms with Gasteiger partial charge in [0.25, 0.3) is 0 Å². The summed E-state index contributed by atoms with van der Waals surface area (Å²) in [4.78, 5) is 64.8. The molecule has 0 heterocycles. The summed E-state index contributed by atoms with van der Waals surface area (Å²) in [6.07, 6.45) is 4.31. The van der Waals surface area contributed by atoms with E-state index in [1.54, 1.807) is 0 Å². The minimum atomic E-state index is -4.58. The summed E-state index contributed by atoms with van der Waals surface area (Å²) in [6.45, 7) is 6.15. The summed E-state index contributed by atoms with van der Waals surface area (Å²) in [7, 11) is -4.58. The minimum Gasteiger partial charge on any atom is -0.481 e. The largest absolute Gasteiger partial charge is 0.511 e. The van der Waals surface area contributed by atoms with Gasteiger partial charge in [-0.05, 0) is 111 Å². The maximum Gasteiger partial charge on any atom is 0.511 e. The number of esters is 1. The van der Waals surface area contributed by atoms with E-state index in [2.05, 4.69) is 20.8 Å². The SMILES string of the molecule is C[C@H](CCC(=O)O)C1CCC2C3C(CC[C@@]21C)[C@@]1(C)CC[C@@H](OC(=O)OCOC(=O)CCC(CP(=O)(O)O)C(=O)O)C[C@H]1C[C@@H]3O. The van der Waals surface area contributed by atoms with E-state index in [4.69, 9.17) is 29.1 Å². The Balaban J connectivity index is 1.25. The van der Waals surface area contributed by atoms with Crippen molar-refractivity contribution < 1.29 is 63.1 Å². The van der Waals surface area contributed by atoms with Crippen LogP contribution in [0.5, 0.6) is 0 Å². The lowest BCUT2D eigenvalue weighted by molar-refractivity contribution is -0.177. The van der Waals surface area contributed by atoms with Gasteiger partial charge in [0.2, 0.25) is 6.79 Å². The summed E-state index contributed by atoms with van der Waals surface area (Å²) in [5, 5.41) is 29.9. The van der Waals surface area contributed by atoms with Crippen LogP contribution >= 0.6 is 7.60 Å². The molecule has 0 aromatic rings. The molecule has 4 aliphatic carbocycles. The first-order valence-electron chi connectivity index (χ1n) is 16.6. The van der Waals surface area contributed by atoms with Gasteiger partial charge in [-0.15, -0.1) is 0 Å². The second-order valence-corrected chi connectivity index (χ2v) is 16.6. The highest BCUT2D eigenvalue weighted by Crippen LogP contribution is 2.68.